The number of aryl methyl sites for hydroxylation is 1. The lowest BCUT2D eigenvalue weighted by atomic mass is 10.0. The number of carbonyl (C=O) groups is 2. The van der Waals surface area contributed by atoms with Gasteiger partial charge < -0.3 is 9.30 Å². The number of amides is 1. The molecule has 34 heavy (non-hydrogen) atoms. The molecule has 0 bridgehead atoms. The molecule has 174 valence electrons. The van der Waals surface area contributed by atoms with Crippen molar-refractivity contribution in [3.05, 3.63) is 97.4 Å². The average Bonchev–Trinajstić information content (AvgIpc) is 3.19. The molecule has 1 aliphatic heterocycles. The van der Waals surface area contributed by atoms with Gasteiger partial charge in [0.05, 0.1) is 29.0 Å². The van der Waals surface area contributed by atoms with Crippen molar-refractivity contribution in [3.63, 3.8) is 0 Å². The summed E-state index contributed by atoms with van der Waals surface area (Å²) in [5.74, 6) is -0.955. The third kappa shape index (κ3) is 4.16. The molecule has 0 unspecified atom stereocenters. The van der Waals surface area contributed by atoms with Crippen molar-refractivity contribution in [1.29, 1.82) is 0 Å². The Hall–Kier alpha value is -2.99. The zero-order chi connectivity index (χ0) is 24.7. The maximum Gasteiger partial charge on any atom is 0.340 e. The number of ether oxygens (including phenoxy) is 1. The van der Waals surface area contributed by atoms with Gasteiger partial charge in [0.1, 0.15) is 0 Å². The monoisotopic (exact) mass is 514 g/mol. The minimum Gasteiger partial charge on any atom is -0.465 e. The Bertz CT molecular complexity index is 1380. The summed E-state index contributed by atoms with van der Waals surface area (Å²) in [6, 6.07) is 14.2. The van der Waals surface area contributed by atoms with Crippen molar-refractivity contribution >= 4 is 58.4 Å². The van der Waals surface area contributed by atoms with Gasteiger partial charge in [-0.15, -0.1) is 0 Å². The number of allylic oxidation sites excluding steroid dienone is 1. The smallest absolute Gasteiger partial charge is 0.340 e. The fourth-order valence-corrected chi connectivity index (χ4v) is 4.99. The predicted molar refractivity (Wildman–Crippen MR) is 137 cm³/mol. The van der Waals surface area contributed by atoms with Crippen molar-refractivity contribution in [2.24, 2.45) is 0 Å². The van der Waals surface area contributed by atoms with Gasteiger partial charge in [-0.3, -0.25) is 9.69 Å². The fraction of sp³-hybridized carbons (Fsp3) is 0.154. The van der Waals surface area contributed by atoms with E-state index < -0.39 is 5.97 Å². The Labute approximate surface area is 212 Å². The summed E-state index contributed by atoms with van der Waals surface area (Å²) in [5, 5.41) is 1.43. The second-order valence-electron chi connectivity index (χ2n) is 7.89. The molecule has 0 saturated carbocycles. The molecule has 3 aromatic rings. The third-order valence-electron chi connectivity index (χ3n) is 5.76. The molecule has 0 atom stereocenters. The summed E-state index contributed by atoms with van der Waals surface area (Å²) in [7, 11) is 1.29. The van der Waals surface area contributed by atoms with E-state index in [1.54, 1.807) is 43.3 Å². The molecule has 2 heterocycles. The second-order valence-corrected chi connectivity index (χ2v) is 9.17. The van der Waals surface area contributed by atoms with E-state index in [-0.39, 0.29) is 17.1 Å². The van der Waals surface area contributed by atoms with Crippen LogP contribution in [-0.2, 0) is 14.3 Å². The molecule has 1 amide bonds. The molecular formula is C26H21Cl3N2O3. The fourth-order valence-electron chi connectivity index (χ4n) is 4.26. The van der Waals surface area contributed by atoms with Crippen molar-refractivity contribution in [3.8, 4) is 5.69 Å². The molecule has 0 spiro atoms. The second kappa shape index (κ2) is 9.34. The van der Waals surface area contributed by atoms with Crippen molar-refractivity contribution in [1.82, 2.24) is 4.57 Å². The van der Waals surface area contributed by atoms with E-state index in [9.17, 15) is 9.59 Å². The van der Waals surface area contributed by atoms with Crippen LogP contribution >= 0.6 is 34.8 Å². The lowest BCUT2D eigenvalue weighted by Crippen LogP contribution is -2.24. The van der Waals surface area contributed by atoms with E-state index in [2.05, 4.69) is 0 Å². The Kier molecular flexibility index (Phi) is 6.63. The summed E-state index contributed by atoms with van der Waals surface area (Å²) >= 11 is 18.8. The van der Waals surface area contributed by atoms with Crippen molar-refractivity contribution < 1.29 is 14.3 Å². The van der Waals surface area contributed by atoms with Gasteiger partial charge >= 0.3 is 5.97 Å². The number of esters is 1. The number of hydrogen-bond acceptors (Lipinski definition) is 3. The van der Waals surface area contributed by atoms with E-state index in [1.807, 2.05) is 36.6 Å². The van der Waals surface area contributed by atoms with E-state index in [0.29, 0.717) is 26.5 Å². The summed E-state index contributed by atoms with van der Waals surface area (Å²) in [6.45, 7) is 5.57. The van der Waals surface area contributed by atoms with Crippen LogP contribution in [0, 0.1) is 13.8 Å². The number of benzene rings is 2. The predicted octanol–water partition coefficient (Wildman–Crippen LogP) is 6.93. The first-order valence-electron chi connectivity index (χ1n) is 10.4. The highest BCUT2D eigenvalue weighted by molar-refractivity contribution is 6.35. The average molecular weight is 516 g/mol. The maximum atomic E-state index is 13.6. The quantitative estimate of drug-likeness (QED) is 0.280. The summed E-state index contributed by atoms with van der Waals surface area (Å²) < 4.78 is 7.00. The first kappa shape index (κ1) is 24.1. The molecule has 4 rings (SSSR count). The van der Waals surface area contributed by atoms with E-state index in [0.717, 1.165) is 22.6 Å². The summed E-state index contributed by atoms with van der Waals surface area (Å²) in [4.78, 5) is 27.7. The Balaban J connectivity index is 1.88. The van der Waals surface area contributed by atoms with Crippen LogP contribution in [0.4, 0.5) is 5.69 Å². The van der Waals surface area contributed by atoms with Gasteiger partial charge in [0, 0.05) is 32.8 Å². The molecule has 0 N–H and O–H groups in total. The highest BCUT2D eigenvalue weighted by Crippen LogP contribution is 2.39. The Morgan fingerprint density at radius 3 is 2.24 bits per heavy atom. The van der Waals surface area contributed by atoms with Crippen LogP contribution in [0.1, 0.15) is 23.9 Å². The van der Waals surface area contributed by atoms with Gasteiger partial charge in [-0.2, -0.15) is 0 Å². The van der Waals surface area contributed by atoms with Crippen LogP contribution in [0.5, 0.6) is 0 Å². The molecule has 0 radical (unpaired) electrons. The van der Waals surface area contributed by atoms with E-state index >= 15 is 0 Å². The standard InChI is InChI=1S/C26H21Cl3N2O3/c1-14-9-17(15(2)30(14)20-12-18(27)11-19(28)13-20)10-21-24(26(33)34-4)16(3)31(25(21)32)23-8-6-5-7-22(23)29/h5-13H,1-4H3/b21-10-. The molecule has 1 aliphatic rings. The highest BCUT2D eigenvalue weighted by Gasteiger charge is 2.38. The van der Waals surface area contributed by atoms with Crippen LogP contribution in [0.25, 0.3) is 11.8 Å². The summed E-state index contributed by atoms with van der Waals surface area (Å²) in [6.07, 6.45) is 1.71. The molecule has 8 heteroatoms. The molecule has 2 aromatic carbocycles. The Morgan fingerprint density at radius 1 is 0.971 bits per heavy atom. The minimum atomic E-state index is -0.595. The van der Waals surface area contributed by atoms with Crippen LogP contribution < -0.4 is 4.90 Å². The van der Waals surface area contributed by atoms with Crippen molar-refractivity contribution in [2.45, 2.75) is 20.8 Å². The van der Waals surface area contributed by atoms with Crippen LogP contribution in [0.2, 0.25) is 15.1 Å². The Morgan fingerprint density at radius 2 is 1.62 bits per heavy atom. The van der Waals surface area contributed by atoms with E-state index in [4.69, 9.17) is 39.5 Å². The number of aromatic nitrogens is 1. The van der Waals surface area contributed by atoms with Crippen LogP contribution in [0.3, 0.4) is 0 Å². The first-order chi connectivity index (χ1) is 16.1. The van der Waals surface area contributed by atoms with E-state index in [1.165, 1.54) is 12.0 Å². The number of anilines is 1. The van der Waals surface area contributed by atoms with Crippen molar-refractivity contribution in [2.75, 3.05) is 12.0 Å². The number of hydrogen-bond donors (Lipinski definition) is 0. The topological polar surface area (TPSA) is 51.5 Å². The van der Waals surface area contributed by atoms with Crippen LogP contribution in [-0.4, -0.2) is 23.6 Å². The number of rotatable bonds is 4. The lowest BCUT2D eigenvalue weighted by Gasteiger charge is -2.19. The van der Waals surface area contributed by atoms with Gasteiger partial charge in [0.25, 0.3) is 5.91 Å². The number of carbonyl (C=O) groups excluding carboxylic acids is 2. The minimum absolute atomic E-state index is 0.197. The lowest BCUT2D eigenvalue weighted by molar-refractivity contribution is -0.136. The SMILES string of the molecule is COC(=O)C1=C(C)N(c2ccccc2Cl)C(=O)/C1=C\c1cc(C)n(-c2cc(Cl)cc(Cl)c2)c1C. The molecule has 1 aromatic heterocycles. The van der Waals surface area contributed by atoms with Gasteiger partial charge in [-0.25, -0.2) is 4.79 Å². The van der Waals surface area contributed by atoms with Crippen LogP contribution in [0.15, 0.2) is 65.4 Å². The maximum absolute atomic E-state index is 13.6. The zero-order valence-electron chi connectivity index (χ0n) is 18.9. The highest BCUT2D eigenvalue weighted by atomic mass is 35.5. The third-order valence-corrected chi connectivity index (χ3v) is 6.51. The number of para-hydroxylation sites is 1. The first-order valence-corrected chi connectivity index (χ1v) is 11.5. The van der Waals surface area contributed by atoms with Gasteiger partial charge in [0.15, 0.2) is 0 Å². The molecule has 0 aliphatic carbocycles. The number of halogens is 3. The normalized spacial score (nSPS) is 15.0. The molecule has 0 fully saturated rings. The summed E-state index contributed by atoms with van der Waals surface area (Å²) in [5.41, 5.74) is 4.71. The zero-order valence-corrected chi connectivity index (χ0v) is 21.2. The largest absolute Gasteiger partial charge is 0.465 e. The number of nitrogens with zero attached hydrogens (tertiary/aromatic N) is 2. The van der Waals surface area contributed by atoms with Gasteiger partial charge in [-0.1, -0.05) is 46.9 Å². The molecule has 5 nitrogen and oxygen atoms in total. The van der Waals surface area contributed by atoms with Gasteiger partial charge in [0.2, 0.25) is 0 Å². The molecule has 0 saturated heterocycles. The number of methoxy groups -OCH3 is 1. The van der Waals surface area contributed by atoms with Gasteiger partial charge in [-0.05, 0) is 68.8 Å². The molecular weight excluding hydrogens is 495 g/mol.